The molecule has 70 valence electrons. The number of halogens is 1. The summed E-state index contributed by atoms with van der Waals surface area (Å²) in [6.45, 7) is 0. The molecule has 0 bridgehead atoms. The molecular formula is C10H6ClNOS. The highest BCUT2D eigenvalue weighted by Gasteiger charge is 2.09. The van der Waals surface area contributed by atoms with Crippen LogP contribution in [0.2, 0.25) is 5.02 Å². The summed E-state index contributed by atoms with van der Waals surface area (Å²) in [7, 11) is 1.61. The van der Waals surface area contributed by atoms with Crippen molar-refractivity contribution in [1.82, 2.24) is 0 Å². The van der Waals surface area contributed by atoms with Crippen LogP contribution in [-0.2, 0) is 0 Å². The first-order valence-corrected chi connectivity index (χ1v) is 5.17. The second-order valence-corrected chi connectivity index (χ2v) is 4.06. The summed E-state index contributed by atoms with van der Waals surface area (Å²) < 4.78 is 6.09. The minimum atomic E-state index is 0.561. The highest BCUT2D eigenvalue weighted by atomic mass is 35.5. The highest BCUT2D eigenvalue weighted by Crippen LogP contribution is 2.36. The van der Waals surface area contributed by atoms with Crippen LogP contribution in [-0.4, -0.2) is 7.11 Å². The van der Waals surface area contributed by atoms with Gasteiger partial charge >= 0.3 is 0 Å². The number of rotatable bonds is 1. The van der Waals surface area contributed by atoms with Gasteiger partial charge in [-0.1, -0.05) is 11.6 Å². The average molecular weight is 224 g/mol. The molecule has 0 aliphatic rings. The summed E-state index contributed by atoms with van der Waals surface area (Å²) in [5, 5.41) is 12.2. The molecule has 0 saturated heterocycles. The molecule has 0 fully saturated rings. The van der Waals surface area contributed by atoms with Gasteiger partial charge in [-0.05, 0) is 12.1 Å². The van der Waals surface area contributed by atoms with Gasteiger partial charge in [0.2, 0.25) is 0 Å². The van der Waals surface area contributed by atoms with Gasteiger partial charge in [-0.3, -0.25) is 0 Å². The van der Waals surface area contributed by atoms with Crippen LogP contribution in [0.1, 0.15) is 5.56 Å². The molecule has 0 spiro atoms. The van der Waals surface area contributed by atoms with Crippen molar-refractivity contribution < 1.29 is 4.74 Å². The van der Waals surface area contributed by atoms with Crippen molar-refractivity contribution in [3.63, 3.8) is 0 Å². The van der Waals surface area contributed by atoms with Crippen LogP contribution in [0.4, 0.5) is 0 Å². The number of thiophene rings is 1. The first kappa shape index (κ1) is 9.32. The van der Waals surface area contributed by atoms with Gasteiger partial charge in [-0.25, -0.2) is 0 Å². The third kappa shape index (κ3) is 1.33. The molecule has 1 heterocycles. The lowest BCUT2D eigenvalue weighted by Gasteiger charge is -1.98. The first-order valence-electron chi connectivity index (χ1n) is 3.91. The van der Waals surface area contributed by atoms with Crippen molar-refractivity contribution in [2.75, 3.05) is 7.11 Å². The summed E-state index contributed by atoms with van der Waals surface area (Å²) in [6, 6.07) is 5.60. The molecule has 0 atom stereocenters. The van der Waals surface area contributed by atoms with Crippen molar-refractivity contribution in [2.24, 2.45) is 0 Å². The molecule has 0 unspecified atom stereocenters. The minimum Gasteiger partial charge on any atom is -0.495 e. The molecule has 4 heteroatoms. The Balaban J connectivity index is 2.85. The number of fused-ring (bicyclic) bond motifs is 1. The van der Waals surface area contributed by atoms with E-state index < -0.39 is 0 Å². The van der Waals surface area contributed by atoms with Crippen molar-refractivity contribution in [3.8, 4) is 11.8 Å². The first-order chi connectivity index (χ1) is 6.76. The summed E-state index contributed by atoms with van der Waals surface area (Å²) >= 11 is 7.38. The quantitative estimate of drug-likeness (QED) is 0.742. The smallest absolute Gasteiger partial charge is 0.137 e. The Morgan fingerprint density at radius 2 is 2.29 bits per heavy atom. The molecule has 2 nitrogen and oxygen atoms in total. The lowest BCUT2D eigenvalue weighted by molar-refractivity contribution is 0.421. The van der Waals surface area contributed by atoms with Crippen LogP contribution in [0.15, 0.2) is 17.5 Å². The Kier molecular flexibility index (Phi) is 2.32. The molecule has 0 radical (unpaired) electrons. The van der Waals surface area contributed by atoms with Gasteiger partial charge in [-0.15, -0.1) is 11.3 Å². The maximum atomic E-state index is 8.90. The average Bonchev–Trinajstić information content (AvgIpc) is 2.59. The van der Waals surface area contributed by atoms with Gasteiger partial charge in [0.15, 0.2) is 0 Å². The van der Waals surface area contributed by atoms with Crippen LogP contribution in [0.5, 0.6) is 5.75 Å². The third-order valence-electron chi connectivity index (χ3n) is 1.94. The Bertz CT molecular complexity index is 527. The monoisotopic (exact) mass is 223 g/mol. The molecule has 0 saturated carbocycles. The maximum Gasteiger partial charge on any atom is 0.137 e. The molecule has 14 heavy (non-hydrogen) atoms. The second kappa shape index (κ2) is 3.49. The van der Waals surface area contributed by atoms with Gasteiger partial charge in [0.05, 0.1) is 17.4 Å². The summed E-state index contributed by atoms with van der Waals surface area (Å²) in [4.78, 5) is 0. The van der Waals surface area contributed by atoms with Crippen LogP contribution in [0, 0.1) is 11.3 Å². The number of hydrogen-bond donors (Lipinski definition) is 0. The van der Waals surface area contributed by atoms with Crippen LogP contribution >= 0.6 is 22.9 Å². The molecule has 0 aliphatic carbocycles. The van der Waals surface area contributed by atoms with E-state index in [1.165, 1.54) is 11.3 Å². The zero-order valence-electron chi connectivity index (χ0n) is 7.37. The van der Waals surface area contributed by atoms with Gasteiger partial charge < -0.3 is 4.74 Å². The second-order valence-electron chi connectivity index (χ2n) is 2.75. The highest BCUT2D eigenvalue weighted by molar-refractivity contribution is 7.17. The van der Waals surface area contributed by atoms with E-state index in [1.54, 1.807) is 13.2 Å². The Hall–Kier alpha value is -1.24. The molecular weight excluding hydrogens is 218 g/mol. The van der Waals surface area contributed by atoms with E-state index in [1.807, 2.05) is 11.4 Å². The Morgan fingerprint density at radius 3 is 2.93 bits per heavy atom. The van der Waals surface area contributed by atoms with E-state index in [2.05, 4.69) is 6.07 Å². The van der Waals surface area contributed by atoms with E-state index >= 15 is 0 Å². The predicted molar refractivity (Wildman–Crippen MR) is 58.1 cm³/mol. The number of methoxy groups -OCH3 is 1. The normalized spacial score (nSPS) is 10.1. The number of benzene rings is 1. The van der Waals surface area contributed by atoms with E-state index in [9.17, 15) is 0 Å². The molecule has 0 amide bonds. The largest absolute Gasteiger partial charge is 0.495 e. The molecule has 0 N–H and O–H groups in total. The number of nitriles is 1. The van der Waals surface area contributed by atoms with E-state index in [4.69, 9.17) is 21.6 Å². The van der Waals surface area contributed by atoms with Crippen molar-refractivity contribution >= 4 is 33.0 Å². The molecule has 0 aliphatic heterocycles. The minimum absolute atomic E-state index is 0.561. The van der Waals surface area contributed by atoms with E-state index in [0.717, 1.165) is 15.8 Å². The molecule has 1 aromatic heterocycles. The van der Waals surface area contributed by atoms with Crippen molar-refractivity contribution in [2.45, 2.75) is 0 Å². The SMILES string of the molecule is COc1csc2c(C#N)cc(Cl)cc12. The third-order valence-corrected chi connectivity index (χ3v) is 3.17. The lowest BCUT2D eigenvalue weighted by Crippen LogP contribution is -1.80. The zero-order chi connectivity index (χ0) is 10.1. The number of hydrogen-bond acceptors (Lipinski definition) is 3. The molecule has 2 aromatic rings. The predicted octanol–water partition coefficient (Wildman–Crippen LogP) is 3.43. The fourth-order valence-electron chi connectivity index (χ4n) is 1.32. The number of nitrogens with zero attached hydrogens (tertiary/aromatic N) is 1. The maximum absolute atomic E-state index is 8.90. The van der Waals surface area contributed by atoms with Crippen LogP contribution in [0.3, 0.4) is 0 Å². The zero-order valence-corrected chi connectivity index (χ0v) is 8.95. The standard InChI is InChI=1S/C10H6ClNOS/c1-13-9-5-14-10-6(4-12)2-7(11)3-8(9)10/h2-3,5H,1H3. The molecule has 2 rings (SSSR count). The van der Waals surface area contributed by atoms with Crippen LogP contribution < -0.4 is 4.74 Å². The fraction of sp³-hybridized carbons (Fsp3) is 0.100. The van der Waals surface area contributed by atoms with Crippen molar-refractivity contribution in [3.05, 3.63) is 28.1 Å². The van der Waals surface area contributed by atoms with Gasteiger partial charge in [0.25, 0.3) is 0 Å². The lowest BCUT2D eigenvalue weighted by atomic mass is 10.2. The molecule has 1 aromatic carbocycles. The van der Waals surface area contributed by atoms with Gasteiger partial charge in [-0.2, -0.15) is 5.26 Å². The van der Waals surface area contributed by atoms with E-state index in [0.29, 0.717) is 10.6 Å². The van der Waals surface area contributed by atoms with Gasteiger partial charge in [0.1, 0.15) is 11.8 Å². The summed E-state index contributed by atoms with van der Waals surface area (Å²) in [5.41, 5.74) is 0.598. The topological polar surface area (TPSA) is 33.0 Å². The Labute approximate surface area is 90.3 Å². The number of ether oxygens (including phenoxy) is 1. The summed E-state index contributed by atoms with van der Waals surface area (Å²) in [5.74, 6) is 0.768. The van der Waals surface area contributed by atoms with Gasteiger partial charge in [0, 0.05) is 15.8 Å². The van der Waals surface area contributed by atoms with Crippen molar-refractivity contribution in [1.29, 1.82) is 5.26 Å². The van der Waals surface area contributed by atoms with Crippen LogP contribution in [0.25, 0.3) is 10.1 Å². The Morgan fingerprint density at radius 1 is 1.50 bits per heavy atom. The summed E-state index contributed by atoms with van der Waals surface area (Å²) in [6.07, 6.45) is 0. The fourth-order valence-corrected chi connectivity index (χ4v) is 2.50. The van der Waals surface area contributed by atoms with E-state index in [-0.39, 0.29) is 0 Å².